The number of nitrogens with zero attached hydrogens (tertiary/aromatic N) is 1. The fourth-order valence-corrected chi connectivity index (χ4v) is 1.64. The van der Waals surface area contributed by atoms with Gasteiger partial charge in [-0.25, -0.2) is 13.6 Å². The molecule has 5 nitrogen and oxygen atoms in total. The molecule has 1 aromatic carbocycles. The number of alkyl halides is 2. The highest BCUT2D eigenvalue weighted by atomic mass is 19.3. The molecule has 0 bridgehead atoms. The molecule has 0 unspecified atom stereocenters. The molecule has 0 spiro atoms. The highest BCUT2D eigenvalue weighted by Gasteiger charge is 2.11. The van der Waals surface area contributed by atoms with Gasteiger partial charge in [0.2, 0.25) is 5.91 Å². The number of carboxylic acid groups (broad SMARTS) is 1. The molecule has 21 heavy (non-hydrogen) atoms. The van der Waals surface area contributed by atoms with Crippen LogP contribution in [0.1, 0.15) is 22.3 Å². The van der Waals surface area contributed by atoms with Gasteiger partial charge >= 0.3 is 5.97 Å². The number of rotatable bonds is 8. The van der Waals surface area contributed by atoms with Crippen LogP contribution in [0.15, 0.2) is 24.3 Å². The summed E-state index contributed by atoms with van der Waals surface area (Å²) in [5, 5.41) is 8.77. The molecular weight excluding hydrogens is 284 g/mol. The molecule has 0 aliphatic carbocycles. The van der Waals surface area contributed by atoms with E-state index in [-0.39, 0.29) is 24.5 Å². The normalized spacial score (nSPS) is 10.7. The van der Waals surface area contributed by atoms with Gasteiger partial charge in [-0.3, -0.25) is 4.79 Å². The third-order valence-electron chi connectivity index (χ3n) is 2.75. The van der Waals surface area contributed by atoms with Crippen molar-refractivity contribution in [2.24, 2.45) is 0 Å². The maximum Gasteiger partial charge on any atom is 0.335 e. The molecule has 0 heterocycles. The lowest BCUT2D eigenvalue weighted by Crippen LogP contribution is -2.27. The highest BCUT2D eigenvalue weighted by Crippen LogP contribution is 2.08. The van der Waals surface area contributed by atoms with Crippen molar-refractivity contribution in [3.8, 4) is 0 Å². The first-order valence-corrected chi connectivity index (χ1v) is 6.32. The van der Waals surface area contributed by atoms with E-state index >= 15 is 0 Å². The van der Waals surface area contributed by atoms with Crippen LogP contribution < -0.4 is 0 Å². The van der Waals surface area contributed by atoms with Gasteiger partial charge in [-0.15, -0.1) is 0 Å². The second-order valence-electron chi connectivity index (χ2n) is 4.47. The van der Waals surface area contributed by atoms with Gasteiger partial charge in [0.1, 0.15) is 6.61 Å². The zero-order valence-electron chi connectivity index (χ0n) is 11.6. The van der Waals surface area contributed by atoms with E-state index in [9.17, 15) is 18.4 Å². The molecule has 0 fully saturated rings. The lowest BCUT2D eigenvalue weighted by molar-refractivity contribution is -0.132. The number of carbonyl (C=O) groups excluding carboxylic acids is 1. The number of aromatic carboxylic acids is 1. The van der Waals surface area contributed by atoms with Crippen molar-refractivity contribution in [3.63, 3.8) is 0 Å². The number of halogens is 2. The second kappa shape index (κ2) is 8.31. The molecule has 0 radical (unpaired) electrons. The quantitative estimate of drug-likeness (QED) is 0.746. The minimum atomic E-state index is -2.54. The van der Waals surface area contributed by atoms with Gasteiger partial charge in [-0.1, -0.05) is 12.1 Å². The summed E-state index contributed by atoms with van der Waals surface area (Å²) in [5.74, 6) is -1.24. The minimum absolute atomic E-state index is 0.0242. The molecule has 116 valence electrons. The first kappa shape index (κ1) is 17.0. The monoisotopic (exact) mass is 301 g/mol. The molecule has 0 aliphatic rings. The van der Waals surface area contributed by atoms with Gasteiger partial charge in [0.25, 0.3) is 6.43 Å². The number of carbonyl (C=O) groups is 2. The van der Waals surface area contributed by atoms with E-state index in [0.717, 1.165) is 5.56 Å². The number of carboxylic acids is 1. The summed E-state index contributed by atoms with van der Waals surface area (Å²) in [6, 6.07) is 6.17. The van der Waals surface area contributed by atoms with E-state index in [4.69, 9.17) is 5.11 Å². The summed E-state index contributed by atoms with van der Waals surface area (Å²) in [6.45, 7) is -0.410. The third kappa shape index (κ3) is 6.31. The SMILES string of the molecule is CN(Cc1ccc(C(=O)O)cc1)C(=O)CCOCC(F)F. The van der Waals surface area contributed by atoms with Crippen molar-refractivity contribution in [2.45, 2.75) is 19.4 Å². The van der Waals surface area contributed by atoms with Crippen molar-refractivity contribution in [1.29, 1.82) is 0 Å². The molecule has 7 heteroatoms. The number of hydrogen-bond donors (Lipinski definition) is 1. The molecule has 0 atom stereocenters. The standard InChI is InChI=1S/C14H17F2NO4/c1-17(13(18)6-7-21-9-12(15)16)8-10-2-4-11(5-3-10)14(19)20/h2-5,12H,6-9H2,1H3,(H,19,20). The third-order valence-corrected chi connectivity index (χ3v) is 2.75. The van der Waals surface area contributed by atoms with Crippen LogP contribution in [0.2, 0.25) is 0 Å². The molecule has 1 N–H and O–H groups in total. The van der Waals surface area contributed by atoms with Crippen LogP contribution in [0, 0.1) is 0 Å². The smallest absolute Gasteiger partial charge is 0.335 e. The summed E-state index contributed by atoms with van der Waals surface area (Å²) >= 11 is 0. The van der Waals surface area contributed by atoms with Crippen molar-refractivity contribution < 1.29 is 28.2 Å². The average Bonchev–Trinajstić information content (AvgIpc) is 2.43. The van der Waals surface area contributed by atoms with Crippen molar-refractivity contribution in [3.05, 3.63) is 35.4 Å². The first-order valence-electron chi connectivity index (χ1n) is 6.32. The van der Waals surface area contributed by atoms with Crippen molar-refractivity contribution in [1.82, 2.24) is 4.90 Å². The maximum absolute atomic E-state index is 11.8. The second-order valence-corrected chi connectivity index (χ2v) is 4.47. The van der Waals surface area contributed by atoms with E-state index in [2.05, 4.69) is 4.74 Å². The maximum atomic E-state index is 11.8. The van der Waals surface area contributed by atoms with Crippen LogP contribution in [0.5, 0.6) is 0 Å². The average molecular weight is 301 g/mol. The Labute approximate surface area is 121 Å². The predicted molar refractivity (Wildman–Crippen MR) is 71.3 cm³/mol. The molecule has 0 aliphatic heterocycles. The molecule has 0 saturated carbocycles. The first-order chi connectivity index (χ1) is 9.90. The molecule has 0 saturated heterocycles. The minimum Gasteiger partial charge on any atom is -0.478 e. The molecule has 0 aromatic heterocycles. The van der Waals surface area contributed by atoms with E-state index in [1.165, 1.54) is 17.0 Å². The van der Waals surface area contributed by atoms with E-state index in [1.807, 2.05) is 0 Å². The fraction of sp³-hybridized carbons (Fsp3) is 0.429. The van der Waals surface area contributed by atoms with Gasteiger partial charge in [-0.2, -0.15) is 0 Å². The van der Waals surface area contributed by atoms with Crippen LogP contribution in [0.3, 0.4) is 0 Å². The van der Waals surface area contributed by atoms with Gasteiger partial charge < -0.3 is 14.7 Å². The summed E-state index contributed by atoms with van der Waals surface area (Å²) < 4.78 is 28.3. The van der Waals surface area contributed by atoms with Crippen molar-refractivity contribution in [2.75, 3.05) is 20.3 Å². The fourth-order valence-electron chi connectivity index (χ4n) is 1.64. The zero-order chi connectivity index (χ0) is 15.8. The Morgan fingerprint density at radius 3 is 2.43 bits per heavy atom. The zero-order valence-corrected chi connectivity index (χ0v) is 11.6. The van der Waals surface area contributed by atoms with Gasteiger partial charge in [0, 0.05) is 13.6 Å². The summed E-state index contributed by atoms with van der Waals surface area (Å²) in [7, 11) is 1.58. The number of benzene rings is 1. The van der Waals surface area contributed by atoms with Crippen LogP contribution >= 0.6 is 0 Å². The highest BCUT2D eigenvalue weighted by molar-refractivity contribution is 5.87. The molecule has 1 rings (SSSR count). The van der Waals surface area contributed by atoms with Gasteiger partial charge in [0.15, 0.2) is 0 Å². The summed E-state index contributed by atoms with van der Waals surface area (Å²) in [4.78, 5) is 23.9. The summed E-state index contributed by atoms with van der Waals surface area (Å²) in [5.41, 5.74) is 0.956. The van der Waals surface area contributed by atoms with Crippen LogP contribution in [0.4, 0.5) is 8.78 Å². The van der Waals surface area contributed by atoms with Crippen LogP contribution in [-0.2, 0) is 16.1 Å². The lowest BCUT2D eigenvalue weighted by atomic mass is 10.1. The van der Waals surface area contributed by atoms with Gasteiger partial charge in [-0.05, 0) is 17.7 Å². The number of amides is 1. The Balaban J connectivity index is 2.39. The Morgan fingerprint density at radius 2 is 1.90 bits per heavy atom. The van der Waals surface area contributed by atoms with Crippen molar-refractivity contribution >= 4 is 11.9 Å². The Bertz CT molecular complexity index is 476. The lowest BCUT2D eigenvalue weighted by Gasteiger charge is -2.17. The Morgan fingerprint density at radius 1 is 1.29 bits per heavy atom. The molecule has 1 aromatic rings. The Hall–Kier alpha value is -2.02. The Kier molecular flexibility index (Phi) is 6.74. The van der Waals surface area contributed by atoms with Crippen LogP contribution in [-0.4, -0.2) is 48.6 Å². The number of hydrogen-bond acceptors (Lipinski definition) is 3. The predicted octanol–water partition coefficient (Wildman–Crippen LogP) is 2.02. The summed E-state index contributed by atoms with van der Waals surface area (Å²) in [6.07, 6.45) is -2.51. The van der Waals surface area contributed by atoms with Crippen LogP contribution in [0.25, 0.3) is 0 Å². The molecule has 1 amide bonds. The number of ether oxygens (including phenoxy) is 1. The van der Waals surface area contributed by atoms with E-state index in [1.54, 1.807) is 19.2 Å². The van der Waals surface area contributed by atoms with E-state index in [0.29, 0.717) is 6.54 Å². The van der Waals surface area contributed by atoms with Gasteiger partial charge in [0.05, 0.1) is 18.6 Å². The van der Waals surface area contributed by atoms with E-state index < -0.39 is 19.0 Å². The molecular formula is C14H17F2NO4. The topological polar surface area (TPSA) is 66.8 Å². The largest absolute Gasteiger partial charge is 0.478 e.